The Morgan fingerprint density at radius 2 is 1.54 bits per heavy atom. The predicted molar refractivity (Wildman–Crippen MR) is 103 cm³/mol. The van der Waals surface area contributed by atoms with E-state index < -0.39 is 0 Å². The zero-order valence-corrected chi connectivity index (χ0v) is 14.5. The van der Waals surface area contributed by atoms with Gasteiger partial charge in [-0.15, -0.1) is 0 Å². The molecule has 0 amide bonds. The van der Waals surface area contributed by atoms with Crippen LogP contribution in [0.5, 0.6) is 0 Å². The topological polar surface area (TPSA) is 43.6 Å². The molecule has 4 rings (SSSR count). The third kappa shape index (κ3) is 3.54. The third-order valence-corrected chi connectivity index (χ3v) is 4.41. The molecule has 128 valence electrons. The van der Waals surface area contributed by atoms with Crippen LogP contribution in [-0.4, -0.2) is 19.5 Å². The fraction of sp³-hybridized carbons (Fsp3) is 0.136. The van der Waals surface area contributed by atoms with Gasteiger partial charge in [-0.3, -0.25) is 9.97 Å². The zero-order chi connectivity index (χ0) is 17.6. The van der Waals surface area contributed by atoms with Gasteiger partial charge in [0.25, 0.3) is 0 Å². The Kier molecular flexibility index (Phi) is 4.83. The average Bonchev–Trinajstić information content (AvgIpc) is 3.14. The second kappa shape index (κ2) is 7.74. The van der Waals surface area contributed by atoms with E-state index in [4.69, 9.17) is 4.98 Å². The van der Waals surface area contributed by atoms with Crippen LogP contribution in [0.3, 0.4) is 0 Å². The highest BCUT2D eigenvalue weighted by molar-refractivity contribution is 5.78. The molecule has 0 saturated carbocycles. The molecule has 0 spiro atoms. The van der Waals surface area contributed by atoms with Gasteiger partial charge in [0.1, 0.15) is 0 Å². The van der Waals surface area contributed by atoms with Crippen LogP contribution in [-0.2, 0) is 13.0 Å². The van der Waals surface area contributed by atoms with E-state index in [1.165, 1.54) is 5.56 Å². The van der Waals surface area contributed by atoms with Gasteiger partial charge in [-0.25, -0.2) is 4.98 Å². The van der Waals surface area contributed by atoms with Gasteiger partial charge in [-0.2, -0.15) is 0 Å². The Hall–Kier alpha value is -3.27. The highest BCUT2D eigenvalue weighted by Gasteiger charge is 2.14. The molecule has 4 aromatic rings. The van der Waals surface area contributed by atoms with Crippen molar-refractivity contribution < 1.29 is 0 Å². The molecule has 4 nitrogen and oxygen atoms in total. The van der Waals surface area contributed by atoms with E-state index in [2.05, 4.69) is 38.8 Å². The lowest BCUT2D eigenvalue weighted by atomic mass is 10.1. The fourth-order valence-electron chi connectivity index (χ4n) is 3.16. The number of rotatable bonds is 6. The first-order chi connectivity index (χ1) is 12.9. The van der Waals surface area contributed by atoms with Crippen molar-refractivity contribution in [1.29, 1.82) is 0 Å². The van der Waals surface area contributed by atoms with E-state index in [-0.39, 0.29) is 0 Å². The van der Waals surface area contributed by atoms with E-state index in [9.17, 15) is 0 Å². The fourth-order valence-corrected chi connectivity index (χ4v) is 3.16. The number of hydrogen-bond donors (Lipinski definition) is 0. The molecular weight excluding hydrogens is 320 g/mol. The molecule has 0 unspecified atom stereocenters. The second-order valence-electron chi connectivity index (χ2n) is 6.21. The Labute approximate surface area is 153 Å². The van der Waals surface area contributed by atoms with Crippen molar-refractivity contribution in [2.24, 2.45) is 0 Å². The van der Waals surface area contributed by atoms with Crippen molar-refractivity contribution in [3.8, 4) is 22.5 Å². The van der Waals surface area contributed by atoms with Crippen molar-refractivity contribution in [3.05, 3.63) is 91.3 Å². The molecule has 1 aromatic carbocycles. The van der Waals surface area contributed by atoms with Crippen LogP contribution < -0.4 is 0 Å². The van der Waals surface area contributed by atoms with Crippen LogP contribution in [0, 0.1) is 0 Å². The Balaban J connectivity index is 1.63. The lowest BCUT2D eigenvalue weighted by molar-refractivity contribution is 0.646. The number of pyridine rings is 2. The number of imidazole rings is 1. The highest BCUT2D eigenvalue weighted by Crippen LogP contribution is 2.30. The van der Waals surface area contributed by atoms with E-state index in [0.717, 1.165) is 41.9 Å². The van der Waals surface area contributed by atoms with Crippen LogP contribution in [0.2, 0.25) is 0 Å². The zero-order valence-electron chi connectivity index (χ0n) is 14.5. The van der Waals surface area contributed by atoms with E-state index in [1.807, 2.05) is 55.2 Å². The first-order valence-corrected chi connectivity index (χ1v) is 8.81. The first kappa shape index (κ1) is 16.2. The third-order valence-electron chi connectivity index (χ3n) is 4.41. The van der Waals surface area contributed by atoms with Crippen molar-refractivity contribution in [1.82, 2.24) is 19.5 Å². The summed E-state index contributed by atoms with van der Waals surface area (Å²) in [6.07, 6.45) is 11.4. The minimum Gasteiger partial charge on any atom is -0.330 e. The number of nitrogens with zero attached hydrogens (tertiary/aromatic N) is 4. The smallest absolute Gasteiger partial charge is 0.0963 e. The molecule has 0 radical (unpaired) electrons. The molecule has 0 fully saturated rings. The summed E-state index contributed by atoms with van der Waals surface area (Å²) in [5, 5.41) is 0. The first-order valence-electron chi connectivity index (χ1n) is 8.81. The van der Waals surface area contributed by atoms with Gasteiger partial charge in [-0.05, 0) is 36.6 Å². The number of aromatic nitrogens is 4. The maximum atomic E-state index is 4.71. The number of aryl methyl sites for hydroxylation is 2. The monoisotopic (exact) mass is 340 g/mol. The van der Waals surface area contributed by atoms with Gasteiger partial charge >= 0.3 is 0 Å². The predicted octanol–water partition coefficient (Wildman–Crippen LogP) is 4.64. The molecule has 0 bridgehead atoms. The van der Waals surface area contributed by atoms with Gasteiger partial charge < -0.3 is 4.57 Å². The summed E-state index contributed by atoms with van der Waals surface area (Å²) < 4.78 is 2.23. The van der Waals surface area contributed by atoms with Crippen LogP contribution in [0.25, 0.3) is 22.5 Å². The van der Waals surface area contributed by atoms with Gasteiger partial charge in [0, 0.05) is 42.5 Å². The molecule has 4 heteroatoms. The SMILES string of the molecule is c1ccc(-c2ncn(CCCc3cccnc3)c2-c2cccnc2)cc1. The highest BCUT2D eigenvalue weighted by atomic mass is 15.1. The summed E-state index contributed by atoms with van der Waals surface area (Å²) in [6.45, 7) is 0.902. The van der Waals surface area contributed by atoms with Gasteiger partial charge in [-0.1, -0.05) is 36.4 Å². The maximum absolute atomic E-state index is 4.71. The molecule has 0 aliphatic rings. The van der Waals surface area contributed by atoms with Crippen molar-refractivity contribution in [2.75, 3.05) is 0 Å². The minimum absolute atomic E-state index is 0.902. The van der Waals surface area contributed by atoms with Crippen LogP contribution >= 0.6 is 0 Å². The Bertz CT molecular complexity index is 947. The summed E-state index contributed by atoms with van der Waals surface area (Å²) in [4.78, 5) is 13.2. The average molecular weight is 340 g/mol. The van der Waals surface area contributed by atoms with E-state index in [0.29, 0.717) is 0 Å². The molecule has 0 aliphatic carbocycles. The molecule has 0 aliphatic heterocycles. The van der Waals surface area contributed by atoms with Gasteiger partial charge in [0.05, 0.1) is 17.7 Å². The number of benzene rings is 1. The van der Waals surface area contributed by atoms with Crippen molar-refractivity contribution in [2.45, 2.75) is 19.4 Å². The summed E-state index contributed by atoms with van der Waals surface area (Å²) in [7, 11) is 0. The molecular formula is C22H20N4. The van der Waals surface area contributed by atoms with Gasteiger partial charge in [0.2, 0.25) is 0 Å². The molecule has 0 N–H and O–H groups in total. The molecule has 3 aromatic heterocycles. The Morgan fingerprint density at radius 3 is 2.27 bits per heavy atom. The maximum Gasteiger partial charge on any atom is 0.0963 e. The van der Waals surface area contributed by atoms with E-state index in [1.54, 1.807) is 6.20 Å². The summed E-state index contributed by atoms with van der Waals surface area (Å²) in [5.41, 5.74) is 5.59. The second-order valence-corrected chi connectivity index (χ2v) is 6.21. The van der Waals surface area contributed by atoms with E-state index >= 15 is 0 Å². The summed E-state index contributed by atoms with van der Waals surface area (Å²) in [6, 6.07) is 18.5. The summed E-state index contributed by atoms with van der Waals surface area (Å²) in [5.74, 6) is 0. The lowest BCUT2D eigenvalue weighted by Gasteiger charge is -2.10. The van der Waals surface area contributed by atoms with Gasteiger partial charge in [0.15, 0.2) is 0 Å². The lowest BCUT2D eigenvalue weighted by Crippen LogP contribution is -2.01. The largest absolute Gasteiger partial charge is 0.330 e. The molecule has 26 heavy (non-hydrogen) atoms. The van der Waals surface area contributed by atoms with Crippen LogP contribution in [0.4, 0.5) is 0 Å². The molecule has 0 atom stereocenters. The number of hydrogen-bond acceptors (Lipinski definition) is 3. The minimum atomic E-state index is 0.902. The standard InChI is InChI=1S/C22H20N4/c1-2-9-19(10-3-1)21-22(20-11-5-13-24-16-20)26(17-25-21)14-6-8-18-7-4-12-23-15-18/h1-5,7,9-13,15-17H,6,8,14H2. The van der Waals surface area contributed by atoms with Crippen LogP contribution in [0.15, 0.2) is 85.7 Å². The summed E-state index contributed by atoms with van der Waals surface area (Å²) >= 11 is 0. The van der Waals surface area contributed by atoms with Crippen LogP contribution in [0.1, 0.15) is 12.0 Å². The molecule has 3 heterocycles. The quantitative estimate of drug-likeness (QED) is 0.513. The van der Waals surface area contributed by atoms with Crippen molar-refractivity contribution in [3.63, 3.8) is 0 Å². The Morgan fingerprint density at radius 1 is 0.769 bits per heavy atom. The normalized spacial score (nSPS) is 10.8. The molecule has 0 saturated heterocycles. The van der Waals surface area contributed by atoms with Crippen molar-refractivity contribution >= 4 is 0 Å².